The molecule has 0 aliphatic carbocycles. The molecule has 0 saturated carbocycles. The first kappa shape index (κ1) is 17.2. The van der Waals surface area contributed by atoms with E-state index in [9.17, 15) is 9.59 Å². The van der Waals surface area contributed by atoms with Crippen LogP contribution in [0.1, 0.15) is 39.5 Å². The van der Waals surface area contributed by atoms with Gasteiger partial charge in [0.2, 0.25) is 0 Å². The van der Waals surface area contributed by atoms with Crippen LogP contribution in [0.5, 0.6) is 0 Å². The fourth-order valence-electron chi connectivity index (χ4n) is 2.06. The van der Waals surface area contributed by atoms with Crippen molar-refractivity contribution in [3.8, 4) is 0 Å². The highest BCUT2D eigenvalue weighted by atomic mass is 35.6. The monoisotopic (exact) mass is 346 g/mol. The number of rotatable bonds is 6. The molecule has 1 saturated heterocycles. The maximum atomic E-state index is 12.2. The molecule has 0 bridgehead atoms. The minimum absolute atomic E-state index is 0.123. The van der Waals surface area contributed by atoms with Crippen molar-refractivity contribution in [2.75, 3.05) is 0 Å². The van der Waals surface area contributed by atoms with Crippen LogP contribution in [-0.4, -0.2) is 25.4 Å². The van der Waals surface area contributed by atoms with Gasteiger partial charge >= 0.3 is 6.03 Å². The van der Waals surface area contributed by atoms with Crippen molar-refractivity contribution in [1.82, 2.24) is 9.62 Å². The molecule has 4 nitrogen and oxygen atoms in total. The van der Waals surface area contributed by atoms with Gasteiger partial charge in [-0.3, -0.25) is 4.79 Å². The molecule has 8 heteroatoms. The van der Waals surface area contributed by atoms with Crippen LogP contribution in [0, 0.1) is 5.92 Å². The summed E-state index contributed by atoms with van der Waals surface area (Å²) in [4.78, 5) is 24.0. The zero-order chi connectivity index (χ0) is 14.6. The molecule has 0 spiro atoms. The molecule has 1 aliphatic heterocycles. The van der Waals surface area contributed by atoms with Crippen LogP contribution in [0.15, 0.2) is 0 Å². The van der Waals surface area contributed by atoms with Crippen LogP contribution in [-0.2, 0) is 4.79 Å². The van der Waals surface area contributed by atoms with E-state index in [0.717, 1.165) is 30.0 Å². The van der Waals surface area contributed by atoms with Gasteiger partial charge in [0, 0.05) is 11.9 Å². The number of carbonyl (C=O) groups excluding carboxylic acids is 2. The summed E-state index contributed by atoms with van der Waals surface area (Å²) in [6, 6.07) is -1.02. The van der Waals surface area contributed by atoms with E-state index in [2.05, 4.69) is 12.2 Å². The van der Waals surface area contributed by atoms with E-state index >= 15 is 0 Å². The first-order chi connectivity index (χ1) is 8.80. The van der Waals surface area contributed by atoms with Crippen LogP contribution in [0.2, 0.25) is 0 Å². The lowest BCUT2D eigenvalue weighted by Crippen LogP contribution is -2.36. The molecule has 0 unspecified atom stereocenters. The van der Waals surface area contributed by atoms with Gasteiger partial charge in [-0.1, -0.05) is 67.9 Å². The number of nitrogens with one attached hydrogen (secondary N) is 1. The Morgan fingerprint density at radius 3 is 2.47 bits per heavy atom. The van der Waals surface area contributed by atoms with Gasteiger partial charge in [-0.25, -0.2) is 4.79 Å². The van der Waals surface area contributed by atoms with Crippen molar-refractivity contribution in [2.24, 2.45) is 5.92 Å². The predicted molar refractivity (Wildman–Crippen MR) is 80.4 cm³/mol. The molecule has 3 amide bonds. The molecule has 1 N–H and O–H groups in total. The molecule has 0 aromatic rings. The Balaban J connectivity index is 2.73. The Morgan fingerprint density at radius 2 is 2.00 bits per heavy atom. The first-order valence-electron chi connectivity index (χ1n) is 6.20. The molecular formula is C11H17Cl3N2O2S. The molecule has 110 valence electrons. The average Bonchev–Trinajstić information content (AvgIpc) is 2.57. The average molecular weight is 348 g/mol. The van der Waals surface area contributed by atoms with Crippen molar-refractivity contribution >= 4 is 58.7 Å². The lowest BCUT2D eigenvalue weighted by atomic mass is 9.91. The third-order valence-electron chi connectivity index (χ3n) is 3.05. The van der Waals surface area contributed by atoms with Gasteiger partial charge in [0.25, 0.3) is 9.03 Å². The van der Waals surface area contributed by atoms with Crippen molar-refractivity contribution < 1.29 is 9.59 Å². The number of hydrogen-bond acceptors (Lipinski definition) is 3. The van der Waals surface area contributed by atoms with E-state index in [1.165, 1.54) is 0 Å². The molecule has 19 heavy (non-hydrogen) atoms. The Hall–Kier alpha value is 0.160. The minimum atomic E-state index is -1.73. The van der Waals surface area contributed by atoms with Gasteiger partial charge in [0.05, 0.1) is 0 Å². The summed E-state index contributed by atoms with van der Waals surface area (Å²) >= 11 is 17.4. The molecule has 1 heterocycles. The second kappa shape index (κ2) is 7.25. The number of hydrogen-bond donors (Lipinski definition) is 1. The van der Waals surface area contributed by atoms with Gasteiger partial charge < -0.3 is 5.32 Å². The highest BCUT2D eigenvalue weighted by Crippen LogP contribution is 2.42. The molecule has 0 aromatic heterocycles. The summed E-state index contributed by atoms with van der Waals surface area (Å²) in [6.45, 7) is 4.09. The second-order valence-electron chi connectivity index (χ2n) is 4.41. The van der Waals surface area contributed by atoms with Gasteiger partial charge in [0.1, 0.15) is 6.04 Å². The van der Waals surface area contributed by atoms with Crippen LogP contribution >= 0.6 is 46.8 Å². The van der Waals surface area contributed by atoms with E-state index in [0.29, 0.717) is 11.9 Å². The van der Waals surface area contributed by atoms with Gasteiger partial charge in [0.15, 0.2) is 0 Å². The third-order valence-corrected chi connectivity index (χ3v) is 4.41. The van der Waals surface area contributed by atoms with Crippen LogP contribution in [0.25, 0.3) is 0 Å². The minimum Gasteiger partial charge on any atom is -0.325 e. The third kappa shape index (κ3) is 4.88. The van der Waals surface area contributed by atoms with E-state index in [4.69, 9.17) is 34.8 Å². The number of halogens is 3. The fraction of sp³-hybridized carbons (Fsp3) is 0.818. The van der Waals surface area contributed by atoms with Crippen molar-refractivity contribution in [1.29, 1.82) is 0 Å². The number of alkyl halides is 3. The quantitative estimate of drug-likeness (QED) is 0.447. The number of urea groups is 1. The number of carbonyl (C=O) groups is 2. The van der Waals surface area contributed by atoms with Crippen LogP contribution in [0.4, 0.5) is 4.79 Å². The van der Waals surface area contributed by atoms with E-state index in [-0.39, 0.29) is 11.8 Å². The Kier molecular flexibility index (Phi) is 6.57. The Labute approximate surface area is 132 Å². The van der Waals surface area contributed by atoms with Gasteiger partial charge in [-0.05, 0) is 12.3 Å². The maximum Gasteiger partial charge on any atom is 0.335 e. The molecule has 0 radical (unpaired) electrons. The van der Waals surface area contributed by atoms with Gasteiger partial charge in [-0.2, -0.15) is 4.31 Å². The highest BCUT2D eigenvalue weighted by Gasteiger charge is 2.45. The lowest BCUT2D eigenvalue weighted by molar-refractivity contribution is -0.125. The molecule has 1 rings (SSSR count). The van der Waals surface area contributed by atoms with Crippen molar-refractivity contribution in [3.63, 3.8) is 0 Å². The number of unbranched alkanes of at least 4 members (excludes halogenated alkanes) is 1. The van der Waals surface area contributed by atoms with E-state index < -0.39 is 15.2 Å². The van der Waals surface area contributed by atoms with Gasteiger partial charge in [-0.15, -0.1) is 0 Å². The fourth-order valence-corrected chi connectivity index (χ4v) is 3.23. The molecular weight excluding hydrogens is 331 g/mol. The highest BCUT2D eigenvalue weighted by molar-refractivity contribution is 8.03. The number of amides is 3. The first-order valence-corrected chi connectivity index (χ1v) is 8.11. The molecule has 0 aromatic carbocycles. The topological polar surface area (TPSA) is 49.4 Å². The maximum absolute atomic E-state index is 12.2. The van der Waals surface area contributed by atoms with Crippen LogP contribution in [0.3, 0.4) is 0 Å². The van der Waals surface area contributed by atoms with Crippen molar-refractivity contribution in [3.05, 3.63) is 0 Å². The number of imide groups is 1. The second-order valence-corrected chi connectivity index (χ2v) is 8.52. The summed E-state index contributed by atoms with van der Waals surface area (Å²) < 4.78 is -0.820. The number of nitrogens with zero attached hydrogens (tertiary/aromatic N) is 1. The molecule has 2 atom stereocenters. The summed E-state index contributed by atoms with van der Waals surface area (Å²) in [6.07, 6.45) is 3.80. The normalized spacial score (nSPS) is 21.7. The zero-order valence-corrected chi connectivity index (χ0v) is 13.9. The molecule has 1 aliphatic rings. The van der Waals surface area contributed by atoms with E-state index in [1.54, 1.807) is 0 Å². The van der Waals surface area contributed by atoms with Crippen LogP contribution < -0.4 is 5.32 Å². The smallest absolute Gasteiger partial charge is 0.325 e. The summed E-state index contributed by atoms with van der Waals surface area (Å²) in [7, 11) is 0. The summed E-state index contributed by atoms with van der Waals surface area (Å²) in [5, 5.41) is 2.68. The Morgan fingerprint density at radius 1 is 1.37 bits per heavy atom. The summed E-state index contributed by atoms with van der Waals surface area (Å²) in [5.41, 5.74) is 0. The largest absolute Gasteiger partial charge is 0.335 e. The van der Waals surface area contributed by atoms with Crippen molar-refractivity contribution in [2.45, 2.75) is 48.7 Å². The van der Waals surface area contributed by atoms with E-state index in [1.807, 2.05) is 6.92 Å². The predicted octanol–water partition coefficient (Wildman–Crippen LogP) is 4.10. The SMILES string of the molecule is CCCC[C@@H](CC)[C@H]1NC(=O)N(SC(Cl)(Cl)Cl)C1=O. The standard InChI is InChI=1S/C11H17Cl3N2O2S/c1-3-5-6-7(4-2)8-9(17)16(10(18)15-8)19-11(12,13)14/h7-8H,3-6H2,1-2H3,(H,15,18)/t7-,8-/m1/s1. The Bertz CT molecular complexity index is 349. The molecule has 1 fully saturated rings. The lowest BCUT2D eigenvalue weighted by Gasteiger charge is -2.20. The summed E-state index contributed by atoms with van der Waals surface area (Å²) in [5.74, 6) is -0.207. The zero-order valence-electron chi connectivity index (χ0n) is 10.8.